The minimum absolute atomic E-state index is 0.167. The quantitative estimate of drug-likeness (QED) is 0.483. The summed E-state index contributed by atoms with van der Waals surface area (Å²) in [7, 11) is 0. The standard InChI is InChI=1S/C8H15NO3/c1-2-3-4-5-9-8(11)12-7-6-10/h6H,2-5,7H2,1H3,(H,9,11). The van der Waals surface area contributed by atoms with Gasteiger partial charge in [0.15, 0.2) is 6.29 Å². The summed E-state index contributed by atoms with van der Waals surface area (Å²) in [6.45, 7) is 2.54. The van der Waals surface area contributed by atoms with Crippen molar-refractivity contribution in [2.75, 3.05) is 13.2 Å². The Morgan fingerprint density at radius 3 is 2.83 bits per heavy atom. The minimum Gasteiger partial charge on any atom is -0.442 e. The van der Waals surface area contributed by atoms with Crippen LogP contribution in [0, 0.1) is 0 Å². The molecule has 70 valence electrons. The van der Waals surface area contributed by atoms with Gasteiger partial charge in [-0.15, -0.1) is 0 Å². The summed E-state index contributed by atoms with van der Waals surface area (Å²) in [6, 6.07) is 0. The Balaban J connectivity index is 3.13. The van der Waals surface area contributed by atoms with Crippen LogP contribution in [0.2, 0.25) is 0 Å². The molecule has 0 aromatic carbocycles. The molecule has 0 aliphatic heterocycles. The second-order valence-electron chi connectivity index (χ2n) is 2.40. The van der Waals surface area contributed by atoms with Crippen LogP contribution in [0.25, 0.3) is 0 Å². The molecule has 0 aliphatic rings. The molecule has 0 saturated heterocycles. The molecule has 0 aromatic rings. The van der Waals surface area contributed by atoms with Crippen molar-refractivity contribution < 1.29 is 14.3 Å². The van der Waals surface area contributed by atoms with Crippen LogP contribution in [0.1, 0.15) is 26.2 Å². The van der Waals surface area contributed by atoms with Gasteiger partial charge in [0.1, 0.15) is 6.61 Å². The first-order valence-corrected chi connectivity index (χ1v) is 4.15. The maximum Gasteiger partial charge on any atom is 0.407 e. The largest absolute Gasteiger partial charge is 0.442 e. The van der Waals surface area contributed by atoms with E-state index in [1.807, 2.05) is 0 Å². The van der Waals surface area contributed by atoms with Crippen LogP contribution in [0.15, 0.2) is 0 Å². The van der Waals surface area contributed by atoms with Gasteiger partial charge in [-0.25, -0.2) is 4.79 Å². The van der Waals surface area contributed by atoms with E-state index in [4.69, 9.17) is 0 Å². The van der Waals surface area contributed by atoms with E-state index in [0.29, 0.717) is 12.8 Å². The highest BCUT2D eigenvalue weighted by molar-refractivity contribution is 5.69. The van der Waals surface area contributed by atoms with E-state index in [9.17, 15) is 9.59 Å². The molecule has 0 heterocycles. The first kappa shape index (κ1) is 10.9. The van der Waals surface area contributed by atoms with Crippen LogP contribution in [0.3, 0.4) is 0 Å². The monoisotopic (exact) mass is 173 g/mol. The van der Waals surface area contributed by atoms with Crippen LogP contribution >= 0.6 is 0 Å². The van der Waals surface area contributed by atoms with E-state index in [1.54, 1.807) is 0 Å². The summed E-state index contributed by atoms with van der Waals surface area (Å²) in [5.41, 5.74) is 0. The number of ether oxygens (including phenoxy) is 1. The van der Waals surface area contributed by atoms with Gasteiger partial charge in [-0.1, -0.05) is 19.8 Å². The number of nitrogens with one attached hydrogen (secondary N) is 1. The van der Waals surface area contributed by atoms with E-state index in [2.05, 4.69) is 17.0 Å². The number of hydrogen-bond donors (Lipinski definition) is 1. The van der Waals surface area contributed by atoms with Crippen LogP contribution in [0.4, 0.5) is 4.79 Å². The SMILES string of the molecule is CCCCCNC(=O)OCC=O. The number of hydrogen-bond acceptors (Lipinski definition) is 3. The van der Waals surface area contributed by atoms with E-state index in [-0.39, 0.29) is 6.61 Å². The number of unbranched alkanes of at least 4 members (excludes halogenated alkanes) is 2. The molecule has 12 heavy (non-hydrogen) atoms. The summed E-state index contributed by atoms with van der Waals surface area (Å²) in [6.07, 6.45) is 3.19. The predicted octanol–water partition coefficient (Wildman–Crippen LogP) is 1.10. The van der Waals surface area contributed by atoms with Gasteiger partial charge in [0, 0.05) is 6.54 Å². The number of rotatable bonds is 6. The molecular formula is C8H15NO3. The highest BCUT2D eigenvalue weighted by Crippen LogP contribution is 1.91. The molecule has 0 saturated carbocycles. The van der Waals surface area contributed by atoms with Gasteiger partial charge >= 0.3 is 6.09 Å². The lowest BCUT2D eigenvalue weighted by atomic mass is 10.2. The molecule has 1 N–H and O–H groups in total. The van der Waals surface area contributed by atoms with Crippen molar-refractivity contribution in [1.82, 2.24) is 5.32 Å². The molecular weight excluding hydrogens is 158 g/mol. The Kier molecular flexibility index (Phi) is 7.33. The fourth-order valence-corrected chi connectivity index (χ4v) is 0.726. The summed E-state index contributed by atoms with van der Waals surface area (Å²) in [4.78, 5) is 20.5. The number of carbonyl (C=O) groups excluding carboxylic acids is 2. The van der Waals surface area contributed by atoms with Gasteiger partial charge in [0.05, 0.1) is 0 Å². The molecule has 0 atom stereocenters. The molecule has 0 fully saturated rings. The second kappa shape index (κ2) is 8.04. The average Bonchev–Trinajstić information content (AvgIpc) is 2.09. The van der Waals surface area contributed by atoms with Crippen molar-refractivity contribution in [3.05, 3.63) is 0 Å². The molecule has 0 aliphatic carbocycles. The Morgan fingerprint density at radius 1 is 1.50 bits per heavy atom. The van der Waals surface area contributed by atoms with E-state index in [0.717, 1.165) is 19.3 Å². The second-order valence-corrected chi connectivity index (χ2v) is 2.40. The normalized spacial score (nSPS) is 9.08. The summed E-state index contributed by atoms with van der Waals surface area (Å²) >= 11 is 0. The van der Waals surface area contributed by atoms with Crippen molar-refractivity contribution in [1.29, 1.82) is 0 Å². The molecule has 0 spiro atoms. The third-order valence-corrected chi connectivity index (χ3v) is 1.33. The van der Waals surface area contributed by atoms with Gasteiger partial charge in [0.25, 0.3) is 0 Å². The summed E-state index contributed by atoms with van der Waals surface area (Å²) < 4.78 is 4.45. The van der Waals surface area contributed by atoms with Gasteiger partial charge in [-0.3, -0.25) is 4.79 Å². The van der Waals surface area contributed by atoms with Crippen LogP contribution in [0.5, 0.6) is 0 Å². The Bertz CT molecular complexity index is 136. The smallest absolute Gasteiger partial charge is 0.407 e. The van der Waals surface area contributed by atoms with Crippen LogP contribution < -0.4 is 5.32 Å². The molecule has 1 amide bonds. The number of carbonyl (C=O) groups is 2. The zero-order valence-electron chi connectivity index (χ0n) is 7.34. The average molecular weight is 173 g/mol. The van der Waals surface area contributed by atoms with Crippen molar-refractivity contribution >= 4 is 12.4 Å². The molecule has 4 heteroatoms. The first-order valence-electron chi connectivity index (χ1n) is 4.15. The van der Waals surface area contributed by atoms with Crippen molar-refractivity contribution in [3.8, 4) is 0 Å². The topological polar surface area (TPSA) is 55.4 Å². The summed E-state index contributed by atoms with van der Waals surface area (Å²) in [5.74, 6) is 0. The van der Waals surface area contributed by atoms with Crippen molar-refractivity contribution in [2.45, 2.75) is 26.2 Å². The molecule has 4 nitrogen and oxygen atoms in total. The van der Waals surface area contributed by atoms with Gasteiger partial charge in [-0.2, -0.15) is 0 Å². The number of alkyl carbamates (subject to hydrolysis) is 1. The van der Waals surface area contributed by atoms with Crippen LogP contribution in [-0.2, 0) is 9.53 Å². The van der Waals surface area contributed by atoms with Gasteiger partial charge in [0.2, 0.25) is 0 Å². The molecule has 0 aromatic heterocycles. The molecule has 0 unspecified atom stereocenters. The third-order valence-electron chi connectivity index (χ3n) is 1.33. The summed E-state index contributed by atoms with van der Waals surface area (Å²) in [5, 5.41) is 2.53. The fourth-order valence-electron chi connectivity index (χ4n) is 0.726. The van der Waals surface area contributed by atoms with E-state index >= 15 is 0 Å². The van der Waals surface area contributed by atoms with E-state index < -0.39 is 6.09 Å². The molecule has 0 rings (SSSR count). The van der Waals surface area contributed by atoms with Crippen molar-refractivity contribution in [3.63, 3.8) is 0 Å². The third kappa shape index (κ3) is 7.05. The Labute approximate surface area is 72.3 Å². The lowest BCUT2D eigenvalue weighted by Crippen LogP contribution is -2.25. The molecule has 0 bridgehead atoms. The zero-order valence-corrected chi connectivity index (χ0v) is 7.34. The highest BCUT2D eigenvalue weighted by Gasteiger charge is 1.98. The lowest BCUT2D eigenvalue weighted by Gasteiger charge is -2.02. The predicted molar refractivity (Wildman–Crippen MR) is 44.9 cm³/mol. The maximum absolute atomic E-state index is 10.7. The minimum atomic E-state index is -0.516. The fraction of sp³-hybridized carbons (Fsp3) is 0.750. The zero-order chi connectivity index (χ0) is 9.23. The maximum atomic E-state index is 10.7. The number of aldehydes is 1. The Morgan fingerprint density at radius 2 is 2.25 bits per heavy atom. The van der Waals surface area contributed by atoms with Gasteiger partial charge < -0.3 is 10.1 Å². The van der Waals surface area contributed by atoms with E-state index in [1.165, 1.54) is 0 Å². The number of amides is 1. The molecule has 0 radical (unpaired) electrons. The first-order chi connectivity index (χ1) is 5.81. The van der Waals surface area contributed by atoms with Crippen LogP contribution in [-0.4, -0.2) is 25.5 Å². The van der Waals surface area contributed by atoms with Crippen molar-refractivity contribution in [2.24, 2.45) is 0 Å². The Hall–Kier alpha value is -1.06. The highest BCUT2D eigenvalue weighted by atomic mass is 16.5. The van der Waals surface area contributed by atoms with Gasteiger partial charge in [-0.05, 0) is 6.42 Å². The lowest BCUT2D eigenvalue weighted by molar-refractivity contribution is -0.110.